The second-order valence-electron chi connectivity index (χ2n) is 7.10. The minimum Gasteiger partial charge on any atom is -0.379 e. The maximum atomic E-state index is 13.1. The van der Waals surface area contributed by atoms with E-state index < -0.39 is 0 Å². The Hall–Kier alpha value is -1.72. The van der Waals surface area contributed by atoms with Crippen LogP contribution >= 0.6 is 24.0 Å². The number of nitrogens with one attached hydrogen (secondary N) is 2. The number of benzene rings is 1. The Kier molecular flexibility index (Phi) is 10.5. The third-order valence-electron chi connectivity index (χ3n) is 4.57. The predicted molar refractivity (Wildman–Crippen MR) is 126 cm³/mol. The SMILES string of the molecule is CCNC(=NCCc1ccn(-c2ccc(F)cc2)n1)NC(C)COC1CCOC1.I. The summed E-state index contributed by atoms with van der Waals surface area (Å²) in [6.07, 6.45) is 3.76. The smallest absolute Gasteiger partial charge is 0.191 e. The summed E-state index contributed by atoms with van der Waals surface area (Å²) in [5.74, 6) is 0.513. The van der Waals surface area contributed by atoms with Gasteiger partial charge in [-0.05, 0) is 50.6 Å². The van der Waals surface area contributed by atoms with Gasteiger partial charge in [0.15, 0.2) is 5.96 Å². The summed E-state index contributed by atoms with van der Waals surface area (Å²) in [4.78, 5) is 4.64. The first kappa shape index (κ1) is 24.5. The number of nitrogens with zero attached hydrogens (tertiary/aromatic N) is 3. The van der Waals surface area contributed by atoms with Crippen LogP contribution < -0.4 is 10.6 Å². The Morgan fingerprint density at radius 1 is 1.37 bits per heavy atom. The van der Waals surface area contributed by atoms with Crippen molar-refractivity contribution >= 4 is 29.9 Å². The average Bonchev–Trinajstić information content (AvgIpc) is 3.39. The second-order valence-corrected chi connectivity index (χ2v) is 7.10. The second kappa shape index (κ2) is 12.9. The molecule has 2 heterocycles. The zero-order valence-corrected chi connectivity index (χ0v) is 19.8. The van der Waals surface area contributed by atoms with Crippen molar-refractivity contribution in [1.29, 1.82) is 0 Å². The van der Waals surface area contributed by atoms with Crippen LogP contribution in [0.4, 0.5) is 4.39 Å². The zero-order valence-electron chi connectivity index (χ0n) is 17.5. The van der Waals surface area contributed by atoms with Gasteiger partial charge in [-0.2, -0.15) is 5.10 Å². The van der Waals surface area contributed by atoms with Gasteiger partial charge in [-0.1, -0.05) is 0 Å². The summed E-state index contributed by atoms with van der Waals surface area (Å²) in [5, 5.41) is 11.2. The number of rotatable bonds is 9. The standard InChI is InChI=1S/C21H30FN5O2.HI/c1-3-23-21(25-16(2)14-29-20-10-13-28-15-20)24-11-8-18-9-12-27(26-18)19-6-4-17(22)5-7-19;/h4-7,9,12,16,20H,3,8,10-11,13-15H2,1-2H3,(H2,23,24,25);1H. The van der Waals surface area contributed by atoms with Crippen molar-refractivity contribution in [1.82, 2.24) is 20.4 Å². The van der Waals surface area contributed by atoms with Gasteiger partial charge in [-0.3, -0.25) is 4.99 Å². The molecule has 1 saturated heterocycles. The molecule has 0 aliphatic carbocycles. The molecule has 2 unspecified atom stereocenters. The summed E-state index contributed by atoms with van der Waals surface area (Å²) in [6.45, 7) is 7.60. The van der Waals surface area contributed by atoms with E-state index in [4.69, 9.17) is 9.47 Å². The molecule has 2 aromatic rings. The molecule has 1 aromatic carbocycles. The van der Waals surface area contributed by atoms with E-state index >= 15 is 0 Å². The van der Waals surface area contributed by atoms with Crippen LogP contribution in [0.2, 0.25) is 0 Å². The van der Waals surface area contributed by atoms with Crippen LogP contribution in [0.5, 0.6) is 0 Å². The number of aliphatic imine (C=N–C) groups is 1. The van der Waals surface area contributed by atoms with Gasteiger partial charge >= 0.3 is 0 Å². The Labute approximate surface area is 194 Å². The van der Waals surface area contributed by atoms with E-state index in [1.807, 2.05) is 19.2 Å². The van der Waals surface area contributed by atoms with Crippen molar-refractivity contribution < 1.29 is 13.9 Å². The molecule has 9 heteroatoms. The van der Waals surface area contributed by atoms with Crippen LogP contribution in [0, 0.1) is 5.82 Å². The highest BCUT2D eigenvalue weighted by Gasteiger charge is 2.17. The lowest BCUT2D eigenvalue weighted by molar-refractivity contribution is 0.0347. The highest BCUT2D eigenvalue weighted by Crippen LogP contribution is 2.10. The van der Waals surface area contributed by atoms with Crippen LogP contribution in [0.15, 0.2) is 41.5 Å². The fraction of sp³-hybridized carbons (Fsp3) is 0.524. The number of aromatic nitrogens is 2. The fourth-order valence-corrected chi connectivity index (χ4v) is 3.03. The lowest BCUT2D eigenvalue weighted by Crippen LogP contribution is -2.44. The van der Waals surface area contributed by atoms with Crippen molar-refractivity contribution in [3.05, 3.63) is 48.0 Å². The minimum absolute atomic E-state index is 0. The molecule has 2 N–H and O–H groups in total. The van der Waals surface area contributed by atoms with Gasteiger partial charge in [0.25, 0.3) is 0 Å². The largest absolute Gasteiger partial charge is 0.379 e. The van der Waals surface area contributed by atoms with Crippen LogP contribution in [0.3, 0.4) is 0 Å². The molecular weight excluding hydrogens is 500 g/mol. The number of hydrogen-bond donors (Lipinski definition) is 2. The monoisotopic (exact) mass is 531 g/mol. The zero-order chi connectivity index (χ0) is 20.5. The molecule has 0 saturated carbocycles. The molecule has 0 radical (unpaired) electrons. The van der Waals surface area contributed by atoms with E-state index in [1.54, 1.807) is 16.8 Å². The van der Waals surface area contributed by atoms with Crippen LogP contribution in [0.25, 0.3) is 5.69 Å². The highest BCUT2D eigenvalue weighted by atomic mass is 127. The quantitative estimate of drug-likeness (QED) is 0.296. The van der Waals surface area contributed by atoms with E-state index in [1.165, 1.54) is 12.1 Å². The van der Waals surface area contributed by atoms with E-state index in [0.29, 0.717) is 19.8 Å². The molecule has 30 heavy (non-hydrogen) atoms. The predicted octanol–water partition coefficient (Wildman–Crippen LogP) is 2.92. The molecule has 3 rings (SSSR count). The van der Waals surface area contributed by atoms with Gasteiger partial charge in [0, 0.05) is 38.4 Å². The minimum atomic E-state index is -0.255. The van der Waals surface area contributed by atoms with Crippen molar-refractivity contribution in [2.24, 2.45) is 4.99 Å². The lowest BCUT2D eigenvalue weighted by Gasteiger charge is -2.19. The molecule has 1 aliphatic rings. The first-order valence-corrected chi connectivity index (χ1v) is 10.2. The third kappa shape index (κ3) is 7.84. The topological polar surface area (TPSA) is 72.7 Å². The third-order valence-corrected chi connectivity index (χ3v) is 4.57. The fourth-order valence-electron chi connectivity index (χ4n) is 3.03. The van der Waals surface area contributed by atoms with Gasteiger partial charge < -0.3 is 20.1 Å². The summed E-state index contributed by atoms with van der Waals surface area (Å²) < 4.78 is 26.0. The molecule has 0 amide bonds. The van der Waals surface area contributed by atoms with Crippen LogP contribution in [-0.2, 0) is 15.9 Å². The van der Waals surface area contributed by atoms with Crippen LogP contribution in [-0.4, -0.2) is 60.8 Å². The highest BCUT2D eigenvalue weighted by molar-refractivity contribution is 14.0. The molecule has 0 spiro atoms. The average molecular weight is 531 g/mol. The number of hydrogen-bond acceptors (Lipinski definition) is 4. The van der Waals surface area contributed by atoms with Crippen molar-refractivity contribution in [2.45, 2.75) is 38.8 Å². The Morgan fingerprint density at radius 3 is 2.87 bits per heavy atom. The number of ether oxygens (including phenoxy) is 2. The molecular formula is C21H31FIN5O2. The number of guanidine groups is 1. The van der Waals surface area contributed by atoms with E-state index in [-0.39, 0.29) is 41.9 Å². The van der Waals surface area contributed by atoms with Gasteiger partial charge in [0.1, 0.15) is 5.82 Å². The molecule has 7 nitrogen and oxygen atoms in total. The van der Waals surface area contributed by atoms with Gasteiger partial charge in [-0.15, -0.1) is 24.0 Å². The number of halogens is 2. The summed E-state index contributed by atoms with van der Waals surface area (Å²) >= 11 is 0. The van der Waals surface area contributed by atoms with Gasteiger partial charge in [0.2, 0.25) is 0 Å². The van der Waals surface area contributed by atoms with E-state index in [0.717, 1.165) is 43.3 Å². The van der Waals surface area contributed by atoms with Crippen molar-refractivity contribution in [2.75, 3.05) is 32.9 Å². The van der Waals surface area contributed by atoms with E-state index in [2.05, 4.69) is 27.6 Å². The lowest BCUT2D eigenvalue weighted by atomic mass is 10.3. The molecule has 1 fully saturated rings. The van der Waals surface area contributed by atoms with Crippen molar-refractivity contribution in [3.8, 4) is 5.69 Å². The summed E-state index contributed by atoms with van der Waals surface area (Å²) in [5.41, 5.74) is 1.77. The Bertz CT molecular complexity index is 778. The molecule has 0 bridgehead atoms. The molecule has 1 aliphatic heterocycles. The molecule has 166 valence electrons. The molecule has 1 aromatic heterocycles. The summed E-state index contributed by atoms with van der Waals surface area (Å²) in [7, 11) is 0. The Balaban J connectivity index is 0.00000320. The van der Waals surface area contributed by atoms with Gasteiger partial charge in [0.05, 0.1) is 30.7 Å². The van der Waals surface area contributed by atoms with Crippen LogP contribution in [0.1, 0.15) is 26.0 Å². The maximum Gasteiger partial charge on any atom is 0.191 e. The first-order valence-electron chi connectivity index (χ1n) is 10.2. The van der Waals surface area contributed by atoms with E-state index in [9.17, 15) is 4.39 Å². The normalized spacial score (nSPS) is 17.4. The maximum absolute atomic E-state index is 13.1. The summed E-state index contributed by atoms with van der Waals surface area (Å²) in [6, 6.07) is 8.38. The van der Waals surface area contributed by atoms with Gasteiger partial charge in [-0.25, -0.2) is 9.07 Å². The Morgan fingerprint density at radius 2 is 2.17 bits per heavy atom. The molecule has 2 atom stereocenters. The van der Waals surface area contributed by atoms with Crippen molar-refractivity contribution in [3.63, 3.8) is 0 Å². The first-order chi connectivity index (χ1) is 14.1.